The van der Waals surface area contributed by atoms with E-state index in [1.807, 2.05) is 30.3 Å². The monoisotopic (exact) mass is 499 g/mol. The summed E-state index contributed by atoms with van der Waals surface area (Å²) in [6, 6.07) is 12.8. The van der Waals surface area contributed by atoms with E-state index in [1.165, 1.54) is 23.1 Å². The maximum absolute atomic E-state index is 12.6. The summed E-state index contributed by atoms with van der Waals surface area (Å²) in [5.74, 6) is 0.881. The molecule has 7 nitrogen and oxygen atoms in total. The summed E-state index contributed by atoms with van der Waals surface area (Å²) >= 11 is 2.93. The SMILES string of the molecule is CCCCOc1ccc(C(=O)Nc2ccc3nc(SCC(=O)NCC4CCCO4)sc3c2)cc1. The van der Waals surface area contributed by atoms with Crippen molar-refractivity contribution in [3.05, 3.63) is 48.0 Å². The second kappa shape index (κ2) is 12.2. The molecule has 180 valence electrons. The van der Waals surface area contributed by atoms with Gasteiger partial charge >= 0.3 is 0 Å². The number of rotatable bonds is 11. The molecule has 4 rings (SSSR count). The van der Waals surface area contributed by atoms with Crippen LogP contribution >= 0.6 is 23.1 Å². The summed E-state index contributed by atoms with van der Waals surface area (Å²) in [6.07, 6.45) is 4.29. The highest BCUT2D eigenvalue weighted by Crippen LogP contribution is 2.31. The number of nitrogens with zero attached hydrogens (tertiary/aromatic N) is 1. The molecule has 1 unspecified atom stereocenters. The standard InChI is InChI=1S/C25H29N3O4S2/c1-2-3-12-31-19-9-6-17(7-10-19)24(30)27-18-8-11-21-22(14-18)34-25(28-21)33-16-23(29)26-15-20-5-4-13-32-20/h6-11,14,20H,2-5,12-13,15-16H2,1H3,(H,26,29)(H,27,30). The number of carbonyl (C=O) groups is 2. The van der Waals surface area contributed by atoms with Crippen molar-refractivity contribution < 1.29 is 19.1 Å². The number of thiazole rings is 1. The number of benzene rings is 2. The van der Waals surface area contributed by atoms with Crippen LogP contribution in [-0.2, 0) is 9.53 Å². The van der Waals surface area contributed by atoms with Gasteiger partial charge in [-0.15, -0.1) is 11.3 Å². The average molecular weight is 500 g/mol. The molecule has 0 saturated carbocycles. The summed E-state index contributed by atoms with van der Waals surface area (Å²) in [6.45, 7) is 4.14. The topological polar surface area (TPSA) is 89.5 Å². The minimum Gasteiger partial charge on any atom is -0.494 e. The molecule has 1 fully saturated rings. The zero-order chi connectivity index (χ0) is 23.8. The minimum absolute atomic E-state index is 0.0190. The van der Waals surface area contributed by atoms with E-state index in [0.717, 1.165) is 52.6 Å². The van der Waals surface area contributed by atoms with Gasteiger partial charge in [0.1, 0.15) is 5.75 Å². The van der Waals surface area contributed by atoms with Crippen molar-refractivity contribution in [1.29, 1.82) is 0 Å². The van der Waals surface area contributed by atoms with Crippen molar-refractivity contribution in [2.45, 2.75) is 43.1 Å². The third kappa shape index (κ3) is 6.94. The number of fused-ring (bicyclic) bond motifs is 1. The molecule has 1 aromatic heterocycles. The second-order valence-corrected chi connectivity index (χ2v) is 10.3. The number of hydrogen-bond donors (Lipinski definition) is 2. The number of unbranched alkanes of at least 4 members (excludes halogenated alkanes) is 1. The molecule has 1 aliphatic heterocycles. The van der Waals surface area contributed by atoms with Crippen LogP contribution in [0.25, 0.3) is 10.2 Å². The third-order valence-corrected chi connectivity index (χ3v) is 7.55. The average Bonchev–Trinajstić information content (AvgIpc) is 3.51. The molecule has 0 bridgehead atoms. The summed E-state index contributed by atoms with van der Waals surface area (Å²) in [7, 11) is 0. The van der Waals surface area contributed by atoms with Crippen molar-refractivity contribution in [3.63, 3.8) is 0 Å². The molecule has 1 atom stereocenters. The van der Waals surface area contributed by atoms with Crippen molar-refractivity contribution in [2.24, 2.45) is 0 Å². The Morgan fingerprint density at radius 1 is 1.24 bits per heavy atom. The number of anilines is 1. The molecule has 0 aliphatic carbocycles. The molecule has 1 aliphatic rings. The lowest BCUT2D eigenvalue weighted by Crippen LogP contribution is -2.32. The number of hydrogen-bond acceptors (Lipinski definition) is 7. The van der Waals surface area contributed by atoms with E-state index in [9.17, 15) is 9.59 Å². The fraction of sp³-hybridized carbons (Fsp3) is 0.400. The first-order valence-corrected chi connectivity index (χ1v) is 13.4. The van der Waals surface area contributed by atoms with E-state index >= 15 is 0 Å². The lowest BCUT2D eigenvalue weighted by atomic mass is 10.2. The van der Waals surface area contributed by atoms with Gasteiger partial charge < -0.3 is 20.1 Å². The van der Waals surface area contributed by atoms with Gasteiger partial charge in [-0.05, 0) is 61.7 Å². The van der Waals surface area contributed by atoms with Crippen LogP contribution < -0.4 is 15.4 Å². The first-order valence-electron chi connectivity index (χ1n) is 11.6. The Balaban J connectivity index is 1.29. The molecule has 2 N–H and O–H groups in total. The van der Waals surface area contributed by atoms with E-state index < -0.39 is 0 Å². The van der Waals surface area contributed by atoms with Gasteiger partial charge in [0.15, 0.2) is 4.34 Å². The van der Waals surface area contributed by atoms with Crippen LogP contribution in [0.3, 0.4) is 0 Å². The van der Waals surface area contributed by atoms with E-state index in [-0.39, 0.29) is 17.9 Å². The third-order valence-electron chi connectivity index (χ3n) is 5.39. The fourth-order valence-corrected chi connectivity index (χ4v) is 5.43. The van der Waals surface area contributed by atoms with E-state index in [4.69, 9.17) is 9.47 Å². The van der Waals surface area contributed by atoms with Crippen molar-refractivity contribution >= 4 is 50.8 Å². The van der Waals surface area contributed by atoms with Gasteiger partial charge in [0.05, 0.1) is 28.7 Å². The first-order chi connectivity index (χ1) is 16.6. The summed E-state index contributed by atoms with van der Waals surface area (Å²) in [5, 5.41) is 5.87. The molecule has 9 heteroatoms. The van der Waals surface area contributed by atoms with Gasteiger partial charge in [-0.3, -0.25) is 9.59 Å². The number of aromatic nitrogens is 1. The van der Waals surface area contributed by atoms with Crippen molar-refractivity contribution in [3.8, 4) is 5.75 Å². The van der Waals surface area contributed by atoms with Crippen LogP contribution in [0.15, 0.2) is 46.8 Å². The number of thioether (sulfide) groups is 1. The number of ether oxygens (including phenoxy) is 2. The van der Waals surface area contributed by atoms with Crippen molar-refractivity contribution in [1.82, 2.24) is 10.3 Å². The normalized spacial score (nSPS) is 15.4. The molecular weight excluding hydrogens is 470 g/mol. The fourth-order valence-electron chi connectivity index (χ4n) is 3.49. The Hall–Kier alpha value is -2.62. The molecule has 2 aromatic carbocycles. The quantitative estimate of drug-likeness (QED) is 0.281. The van der Waals surface area contributed by atoms with Crippen LogP contribution in [0.5, 0.6) is 5.75 Å². The van der Waals surface area contributed by atoms with Gasteiger partial charge in [-0.2, -0.15) is 0 Å². The highest BCUT2D eigenvalue weighted by Gasteiger charge is 2.16. The molecular formula is C25H29N3O4S2. The highest BCUT2D eigenvalue weighted by molar-refractivity contribution is 8.01. The van der Waals surface area contributed by atoms with Crippen LogP contribution in [0.2, 0.25) is 0 Å². The molecule has 0 spiro atoms. The molecule has 0 radical (unpaired) electrons. The predicted molar refractivity (Wildman–Crippen MR) is 137 cm³/mol. The lowest BCUT2D eigenvalue weighted by Gasteiger charge is -2.09. The second-order valence-electron chi connectivity index (χ2n) is 8.07. The number of amides is 2. The summed E-state index contributed by atoms with van der Waals surface area (Å²) < 4.78 is 13.0. The maximum Gasteiger partial charge on any atom is 0.255 e. The van der Waals surface area contributed by atoms with Gasteiger partial charge in [-0.25, -0.2) is 4.98 Å². The smallest absolute Gasteiger partial charge is 0.255 e. The van der Waals surface area contributed by atoms with Crippen LogP contribution in [0.4, 0.5) is 5.69 Å². The molecule has 1 saturated heterocycles. The van der Waals surface area contributed by atoms with Gasteiger partial charge in [0.2, 0.25) is 5.91 Å². The predicted octanol–water partition coefficient (Wildman–Crippen LogP) is 5.11. The Labute approximate surface area is 207 Å². The maximum atomic E-state index is 12.6. The van der Waals surface area contributed by atoms with E-state index in [0.29, 0.717) is 30.2 Å². The summed E-state index contributed by atoms with van der Waals surface area (Å²) in [5.41, 5.74) is 2.12. The molecule has 2 amide bonds. The largest absolute Gasteiger partial charge is 0.494 e. The number of carbonyl (C=O) groups excluding carboxylic acids is 2. The molecule has 34 heavy (non-hydrogen) atoms. The van der Waals surface area contributed by atoms with Crippen LogP contribution in [0.1, 0.15) is 43.0 Å². The number of nitrogens with one attached hydrogen (secondary N) is 2. The highest BCUT2D eigenvalue weighted by atomic mass is 32.2. The van der Waals surface area contributed by atoms with E-state index in [1.54, 1.807) is 12.1 Å². The molecule has 3 aromatic rings. The lowest BCUT2D eigenvalue weighted by molar-refractivity contribution is -0.119. The zero-order valence-corrected chi connectivity index (χ0v) is 20.8. The van der Waals surface area contributed by atoms with Gasteiger partial charge in [0.25, 0.3) is 5.91 Å². The van der Waals surface area contributed by atoms with Crippen LogP contribution in [-0.4, -0.2) is 48.4 Å². The Morgan fingerprint density at radius 3 is 2.85 bits per heavy atom. The Kier molecular flexibility index (Phi) is 8.79. The van der Waals surface area contributed by atoms with Crippen LogP contribution in [0, 0.1) is 0 Å². The van der Waals surface area contributed by atoms with Crippen molar-refractivity contribution in [2.75, 3.05) is 30.8 Å². The minimum atomic E-state index is -0.179. The first kappa shape index (κ1) is 24.5. The molecule has 2 heterocycles. The van der Waals surface area contributed by atoms with Gasteiger partial charge in [-0.1, -0.05) is 25.1 Å². The zero-order valence-electron chi connectivity index (χ0n) is 19.2. The summed E-state index contributed by atoms with van der Waals surface area (Å²) in [4.78, 5) is 29.4. The van der Waals surface area contributed by atoms with E-state index in [2.05, 4.69) is 22.5 Å². The Bertz CT molecular complexity index is 1110. The Morgan fingerprint density at radius 2 is 2.09 bits per heavy atom. The van der Waals surface area contributed by atoms with Gasteiger partial charge in [0, 0.05) is 24.4 Å².